The molecule has 0 aliphatic heterocycles. The molecular weight excluding hydrogens is 575 g/mol. The van der Waals surface area contributed by atoms with E-state index in [9.17, 15) is 74.6 Å². The first-order valence-electron chi connectivity index (χ1n) is 11.4. The quantitative estimate of drug-likeness (QED) is 0.115. The second-order valence-corrected chi connectivity index (χ2v) is 9.41. The van der Waals surface area contributed by atoms with Crippen molar-refractivity contribution in [1.29, 1.82) is 0 Å². The minimum atomic E-state index is -8.57. The number of alkyl halides is 17. The van der Waals surface area contributed by atoms with Crippen molar-refractivity contribution in [2.75, 3.05) is 0 Å². The van der Waals surface area contributed by atoms with Crippen LogP contribution in [0.15, 0.2) is 0 Å². The van der Waals surface area contributed by atoms with E-state index in [4.69, 9.17) is 0 Å². The summed E-state index contributed by atoms with van der Waals surface area (Å²) in [7, 11) is 0. The Morgan fingerprint density at radius 2 is 0.658 bits per heavy atom. The Balaban J connectivity index is 5.48. The van der Waals surface area contributed by atoms with E-state index in [1.165, 1.54) is 0 Å². The summed E-state index contributed by atoms with van der Waals surface area (Å²) in [6.07, 6.45) is -6.96. The van der Waals surface area contributed by atoms with E-state index in [-0.39, 0.29) is 12.8 Å². The van der Waals surface area contributed by atoms with Gasteiger partial charge < -0.3 is 0 Å². The van der Waals surface area contributed by atoms with E-state index in [0.717, 1.165) is 25.7 Å². The van der Waals surface area contributed by atoms with Crippen LogP contribution in [0.5, 0.6) is 0 Å². The zero-order valence-electron chi connectivity index (χ0n) is 20.1. The Kier molecular flexibility index (Phi) is 11.8. The van der Waals surface area contributed by atoms with Crippen LogP contribution in [0.25, 0.3) is 0 Å². The number of rotatable bonds is 17. The van der Waals surface area contributed by atoms with Crippen LogP contribution in [-0.4, -0.2) is 47.6 Å². The maximum absolute atomic E-state index is 13.8. The zero-order chi connectivity index (χ0) is 30.6. The maximum atomic E-state index is 13.8. The van der Waals surface area contributed by atoms with Crippen molar-refractivity contribution in [3.8, 4) is 0 Å². The van der Waals surface area contributed by atoms with Gasteiger partial charge in [0, 0.05) is 6.42 Å². The van der Waals surface area contributed by atoms with E-state index in [1.54, 1.807) is 0 Å². The fourth-order valence-corrected chi connectivity index (χ4v) is 3.31. The number of hydrogen-bond donors (Lipinski definition) is 0. The fourth-order valence-electron chi connectivity index (χ4n) is 3.31. The Morgan fingerprint density at radius 1 is 0.368 bits per heavy atom. The van der Waals surface area contributed by atoms with Crippen LogP contribution >= 0.6 is 0 Å². The van der Waals surface area contributed by atoms with Crippen molar-refractivity contribution >= 4 is 0 Å². The molecule has 0 fully saturated rings. The van der Waals surface area contributed by atoms with E-state index in [1.807, 2.05) is 13.8 Å². The van der Waals surface area contributed by atoms with Gasteiger partial charge in [-0.1, -0.05) is 65.2 Å². The molecule has 0 aromatic rings. The molecule has 0 bridgehead atoms. The first-order chi connectivity index (χ1) is 16.7. The molecule has 0 aromatic carbocycles. The second kappa shape index (κ2) is 12.1. The summed E-state index contributed by atoms with van der Waals surface area (Å²) < 4.78 is 225. The molecule has 230 valence electrons. The lowest BCUT2D eigenvalue weighted by atomic mass is 9.87. The number of halogens is 17. The van der Waals surface area contributed by atoms with Crippen molar-refractivity contribution in [3.63, 3.8) is 0 Å². The van der Waals surface area contributed by atoms with E-state index < -0.39 is 60.5 Å². The van der Waals surface area contributed by atoms with Crippen molar-refractivity contribution in [3.05, 3.63) is 0 Å². The van der Waals surface area contributed by atoms with Gasteiger partial charge in [-0.25, -0.2) is 0 Å². The van der Waals surface area contributed by atoms with Crippen molar-refractivity contribution < 1.29 is 74.6 Å². The van der Waals surface area contributed by atoms with Gasteiger partial charge in [0.2, 0.25) is 0 Å². The minimum Gasteiger partial charge on any atom is -0.200 e. The van der Waals surface area contributed by atoms with Gasteiger partial charge in [-0.2, -0.15) is 74.6 Å². The molecule has 0 aliphatic rings. The predicted octanol–water partition coefficient (Wildman–Crippen LogP) is 10.6. The van der Waals surface area contributed by atoms with Crippen LogP contribution in [0, 0.1) is 5.92 Å². The second-order valence-electron chi connectivity index (χ2n) is 9.41. The van der Waals surface area contributed by atoms with Crippen LogP contribution in [0.4, 0.5) is 74.6 Å². The van der Waals surface area contributed by atoms with Crippen LogP contribution in [-0.2, 0) is 0 Å². The van der Waals surface area contributed by atoms with Crippen LogP contribution in [0.1, 0.15) is 78.1 Å². The first-order valence-corrected chi connectivity index (χ1v) is 11.4. The fraction of sp³-hybridized carbons (Fsp3) is 1.00. The van der Waals surface area contributed by atoms with E-state index >= 15 is 0 Å². The monoisotopic (exact) mass is 602 g/mol. The molecule has 0 unspecified atom stereocenters. The average Bonchev–Trinajstić information content (AvgIpc) is 2.73. The molecular formula is C21H27F17. The average molecular weight is 602 g/mol. The highest BCUT2D eigenvalue weighted by Crippen LogP contribution is 2.64. The molecule has 0 radical (unpaired) electrons. The van der Waals surface area contributed by atoms with Crippen molar-refractivity contribution in [1.82, 2.24) is 0 Å². The van der Waals surface area contributed by atoms with Crippen LogP contribution in [0.3, 0.4) is 0 Å². The van der Waals surface area contributed by atoms with Gasteiger partial charge in [-0.05, 0) is 12.3 Å². The summed E-state index contributed by atoms with van der Waals surface area (Å²) in [5, 5.41) is 0. The summed E-state index contributed by atoms with van der Waals surface area (Å²) in [5.74, 6) is -55.2. The van der Waals surface area contributed by atoms with Crippen molar-refractivity contribution in [2.24, 2.45) is 5.92 Å². The molecule has 0 spiro atoms. The highest BCUT2D eigenvalue weighted by molar-refractivity contribution is 5.15. The topological polar surface area (TPSA) is 0 Å². The molecule has 0 aromatic heterocycles. The minimum absolute atomic E-state index is 0.0925. The molecule has 0 saturated heterocycles. The summed E-state index contributed by atoms with van der Waals surface area (Å²) >= 11 is 0. The molecule has 0 nitrogen and oxygen atoms in total. The lowest BCUT2D eigenvalue weighted by Crippen LogP contribution is -2.74. The van der Waals surface area contributed by atoms with Gasteiger partial charge in [-0.3, -0.25) is 0 Å². The molecule has 0 rings (SSSR count). The van der Waals surface area contributed by atoms with Gasteiger partial charge in [-0.15, -0.1) is 0 Å². The Hall–Kier alpha value is -1.19. The highest BCUT2D eigenvalue weighted by atomic mass is 19.4. The smallest absolute Gasteiger partial charge is 0.200 e. The summed E-state index contributed by atoms with van der Waals surface area (Å²) in [6, 6.07) is 0. The zero-order valence-corrected chi connectivity index (χ0v) is 20.1. The Labute approximate surface area is 207 Å². The molecule has 0 atom stereocenters. The number of unbranched alkanes of at least 4 members (excludes halogenated alkanes) is 7. The summed E-state index contributed by atoms with van der Waals surface area (Å²) in [4.78, 5) is 0. The standard InChI is InChI=1S/C21H27F17/c1-13(2)11-9-7-5-3-4-6-8-10-12-14(22,23)15(24,25)16(26,27)17(28,29)18(30,31)19(32,33)20(34,35)21(36,37)38/h13H,3-12H2,1-2H3. The summed E-state index contributed by atoms with van der Waals surface area (Å²) in [5.41, 5.74) is 0. The third kappa shape index (κ3) is 6.92. The van der Waals surface area contributed by atoms with Crippen LogP contribution < -0.4 is 0 Å². The van der Waals surface area contributed by atoms with E-state index in [0.29, 0.717) is 18.8 Å². The largest absolute Gasteiger partial charge is 0.460 e. The predicted molar refractivity (Wildman–Crippen MR) is 102 cm³/mol. The van der Waals surface area contributed by atoms with E-state index in [2.05, 4.69) is 0 Å². The Bertz CT molecular complexity index is 722. The molecule has 17 heteroatoms. The number of hydrogen-bond acceptors (Lipinski definition) is 0. The van der Waals surface area contributed by atoms with Gasteiger partial charge in [0.05, 0.1) is 0 Å². The van der Waals surface area contributed by atoms with Gasteiger partial charge in [0.1, 0.15) is 0 Å². The molecule has 0 heterocycles. The molecule has 38 heavy (non-hydrogen) atoms. The van der Waals surface area contributed by atoms with Crippen LogP contribution in [0.2, 0.25) is 0 Å². The molecule has 0 saturated carbocycles. The van der Waals surface area contributed by atoms with Crippen molar-refractivity contribution in [2.45, 2.75) is 126 Å². The third-order valence-electron chi connectivity index (χ3n) is 5.81. The highest BCUT2D eigenvalue weighted by Gasteiger charge is 2.95. The molecule has 0 amide bonds. The molecule has 0 N–H and O–H groups in total. The lowest BCUT2D eigenvalue weighted by Gasteiger charge is -2.42. The normalized spacial score (nSPS) is 15.5. The van der Waals surface area contributed by atoms with Gasteiger partial charge in [0.25, 0.3) is 0 Å². The Morgan fingerprint density at radius 3 is 1.00 bits per heavy atom. The SMILES string of the molecule is CC(C)CCCCCCCCCCC(F)(F)C(F)(F)C(F)(F)C(F)(F)C(F)(F)C(F)(F)C(F)(F)C(F)(F)F. The van der Waals surface area contributed by atoms with Gasteiger partial charge >= 0.3 is 47.6 Å². The maximum Gasteiger partial charge on any atom is 0.460 e. The molecule has 0 aliphatic carbocycles. The van der Waals surface area contributed by atoms with Gasteiger partial charge in [0.15, 0.2) is 0 Å². The first kappa shape index (κ1) is 36.8. The third-order valence-corrected chi connectivity index (χ3v) is 5.81. The lowest BCUT2D eigenvalue weighted by molar-refractivity contribution is -0.461. The summed E-state index contributed by atoms with van der Waals surface area (Å²) in [6.45, 7) is 4.01.